The molecular weight excluding hydrogens is 223 g/mol. The second-order valence-electron chi connectivity index (χ2n) is 6.02. The van der Waals surface area contributed by atoms with E-state index in [9.17, 15) is 4.39 Å². The second-order valence-corrected chi connectivity index (χ2v) is 6.02. The molecule has 1 heteroatoms. The summed E-state index contributed by atoms with van der Waals surface area (Å²) < 4.78 is 14.0. The van der Waals surface area contributed by atoms with E-state index in [1.807, 2.05) is 19.1 Å². The van der Waals surface area contributed by atoms with E-state index in [4.69, 9.17) is 0 Å². The summed E-state index contributed by atoms with van der Waals surface area (Å²) in [5.74, 6) is 2.14. The SMILES string of the molecule is CC[C@H](C)C1CCC(c2ccc(C)cc2F)CC1. The van der Waals surface area contributed by atoms with Crippen LogP contribution in [-0.4, -0.2) is 0 Å². The lowest BCUT2D eigenvalue weighted by molar-refractivity contribution is 0.239. The standard InChI is InChI=1S/C17H25F/c1-4-13(3)14-6-8-15(9-7-14)16-10-5-12(2)11-17(16)18/h5,10-11,13-15H,4,6-9H2,1-3H3/t13-,14?,15?/m0/s1. The Kier molecular flexibility index (Phi) is 4.42. The van der Waals surface area contributed by atoms with Crippen molar-refractivity contribution in [2.24, 2.45) is 11.8 Å². The first-order chi connectivity index (χ1) is 8.61. The first kappa shape index (κ1) is 13.6. The van der Waals surface area contributed by atoms with E-state index in [0.717, 1.165) is 35.8 Å². The Bertz CT molecular complexity index is 389. The highest BCUT2D eigenvalue weighted by Crippen LogP contribution is 2.40. The Labute approximate surface area is 111 Å². The van der Waals surface area contributed by atoms with E-state index in [2.05, 4.69) is 13.8 Å². The monoisotopic (exact) mass is 248 g/mol. The molecule has 18 heavy (non-hydrogen) atoms. The van der Waals surface area contributed by atoms with Crippen molar-refractivity contribution in [2.45, 2.75) is 58.8 Å². The summed E-state index contributed by atoms with van der Waals surface area (Å²) in [7, 11) is 0. The van der Waals surface area contributed by atoms with Crippen LogP contribution in [0.2, 0.25) is 0 Å². The van der Waals surface area contributed by atoms with Gasteiger partial charge in [0, 0.05) is 0 Å². The van der Waals surface area contributed by atoms with E-state index >= 15 is 0 Å². The lowest BCUT2D eigenvalue weighted by Crippen LogP contribution is -2.19. The van der Waals surface area contributed by atoms with E-state index in [-0.39, 0.29) is 5.82 Å². The molecule has 0 spiro atoms. The van der Waals surface area contributed by atoms with Gasteiger partial charge in [-0.15, -0.1) is 0 Å². The highest BCUT2D eigenvalue weighted by Gasteiger charge is 2.26. The number of halogens is 1. The fraction of sp³-hybridized carbons (Fsp3) is 0.647. The van der Waals surface area contributed by atoms with Gasteiger partial charge in [-0.2, -0.15) is 0 Å². The van der Waals surface area contributed by atoms with Crippen LogP contribution in [0.3, 0.4) is 0 Å². The summed E-state index contributed by atoms with van der Waals surface area (Å²) in [6.07, 6.45) is 6.14. The van der Waals surface area contributed by atoms with Gasteiger partial charge in [0.15, 0.2) is 0 Å². The minimum Gasteiger partial charge on any atom is -0.207 e. The van der Waals surface area contributed by atoms with Crippen molar-refractivity contribution in [2.75, 3.05) is 0 Å². The molecule has 1 aromatic rings. The number of aryl methyl sites for hydroxylation is 1. The van der Waals surface area contributed by atoms with Crippen molar-refractivity contribution in [1.82, 2.24) is 0 Å². The first-order valence-electron chi connectivity index (χ1n) is 7.37. The maximum absolute atomic E-state index is 14.0. The van der Waals surface area contributed by atoms with Gasteiger partial charge < -0.3 is 0 Å². The van der Waals surface area contributed by atoms with Gasteiger partial charge in [-0.3, -0.25) is 0 Å². The van der Waals surface area contributed by atoms with Crippen LogP contribution in [0.1, 0.15) is 63.0 Å². The maximum atomic E-state index is 14.0. The lowest BCUT2D eigenvalue weighted by atomic mass is 9.73. The summed E-state index contributed by atoms with van der Waals surface area (Å²) in [5, 5.41) is 0. The molecule has 0 radical (unpaired) electrons. The van der Waals surface area contributed by atoms with Gasteiger partial charge in [0.1, 0.15) is 5.82 Å². The van der Waals surface area contributed by atoms with E-state index in [0.29, 0.717) is 5.92 Å². The molecule has 0 bridgehead atoms. The van der Waals surface area contributed by atoms with Gasteiger partial charge in [0.2, 0.25) is 0 Å². The summed E-state index contributed by atoms with van der Waals surface area (Å²) in [6.45, 7) is 6.58. The number of benzene rings is 1. The maximum Gasteiger partial charge on any atom is 0.126 e. The van der Waals surface area contributed by atoms with E-state index < -0.39 is 0 Å². The smallest absolute Gasteiger partial charge is 0.126 e. The summed E-state index contributed by atoms with van der Waals surface area (Å²) in [4.78, 5) is 0. The number of hydrogen-bond acceptors (Lipinski definition) is 0. The highest BCUT2D eigenvalue weighted by atomic mass is 19.1. The average molecular weight is 248 g/mol. The fourth-order valence-electron chi connectivity index (χ4n) is 3.30. The van der Waals surface area contributed by atoms with Gasteiger partial charge in [-0.05, 0) is 67.6 Å². The zero-order chi connectivity index (χ0) is 13.1. The summed E-state index contributed by atoms with van der Waals surface area (Å²) in [6, 6.07) is 5.72. The van der Waals surface area contributed by atoms with Crippen LogP contribution in [0.5, 0.6) is 0 Å². The predicted octanol–water partition coefficient (Wildman–Crippen LogP) is 5.45. The van der Waals surface area contributed by atoms with Gasteiger partial charge in [-0.1, -0.05) is 32.4 Å². The zero-order valence-corrected chi connectivity index (χ0v) is 11.9. The number of hydrogen-bond donors (Lipinski definition) is 0. The third-order valence-electron chi connectivity index (χ3n) is 4.82. The molecular formula is C17H25F. The van der Waals surface area contributed by atoms with Crippen molar-refractivity contribution in [1.29, 1.82) is 0 Å². The molecule has 0 unspecified atom stereocenters. The Morgan fingerprint density at radius 3 is 2.44 bits per heavy atom. The summed E-state index contributed by atoms with van der Waals surface area (Å²) >= 11 is 0. The van der Waals surface area contributed by atoms with Gasteiger partial charge in [0.25, 0.3) is 0 Å². The molecule has 0 aromatic heterocycles. The molecule has 0 nitrogen and oxygen atoms in total. The molecule has 100 valence electrons. The van der Waals surface area contributed by atoms with Gasteiger partial charge >= 0.3 is 0 Å². The second kappa shape index (κ2) is 5.86. The normalized spacial score (nSPS) is 26.0. The minimum atomic E-state index is 0.00184. The Balaban J connectivity index is 2.01. The van der Waals surface area contributed by atoms with Crippen LogP contribution in [0, 0.1) is 24.6 Å². The van der Waals surface area contributed by atoms with E-state index in [1.165, 1.54) is 19.3 Å². The van der Waals surface area contributed by atoms with Gasteiger partial charge in [0.05, 0.1) is 0 Å². The average Bonchev–Trinajstić information content (AvgIpc) is 2.38. The molecule has 1 fully saturated rings. The molecule has 1 aliphatic rings. The van der Waals surface area contributed by atoms with Gasteiger partial charge in [-0.25, -0.2) is 4.39 Å². The largest absolute Gasteiger partial charge is 0.207 e. The molecule has 0 N–H and O–H groups in total. The number of rotatable bonds is 3. The topological polar surface area (TPSA) is 0 Å². The van der Waals surface area contributed by atoms with Crippen LogP contribution < -0.4 is 0 Å². The van der Waals surface area contributed by atoms with Crippen LogP contribution in [-0.2, 0) is 0 Å². The molecule has 1 atom stereocenters. The van der Waals surface area contributed by atoms with Crippen LogP contribution in [0.4, 0.5) is 4.39 Å². The molecule has 0 heterocycles. The molecule has 2 rings (SSSR count). The van der Waals surface area contributed by atoms with Crippen molar-refractivity contribution in [3.8, 4) is 0 Å². The quantitative estimate of drug-likeness (QED) is 0.667. The Hall–Kier alpha value is -0.850. The third-order valence-corrected chi connectivity index (χ3v) is 4.82. The van der Waals surface area contributed by atoms with Crippen LogP contribution in [0.15, 0.2) is 18.2 Å². The van der Waals surface area contributed by atoms with E-state index in [1.54, 1.807) is 6.07 Å². The highest BCUT2D eigenvalue weighted by molar-refractivity contribution is 5.26. The minimum absolute atomic E-state index is 0.00184. The molecule has 1 aromatic carbocycles. The zero-order valence-electron chi connectivity index (χ0n) is 11.9. The van der Waals surface area contributed by atoms with Crippen molar-refractivity contribution < 1.29 is 4.39 Å². The first-order valence-corrected chi connectivity index (χ1v) is 7.37. The molecule has 0 amide bonds. The van der Waals surface area contributed by atoms with Crippen molar-refractivity contribution in [3.63, 3.8) is 0 Å². The predicted molar refractivity (Wildman–Crippen MR) is 75.3 cm³/mol. The molecule has 1 saturated carbocycles. The summed E-state index contributed by atoms with van der Waals surface area (Å²) in [5.41, 5.74) is 1.97. The Morgan fingerprint density at radius 2 is 1.89 bits per heavy atom. The van der Waals surface area contributed by atoms with Crippen LogP contribution in [0.25, 0.3) is 0 Å². The molecule has 1 aliphatic carbocycles. The fourth-order valence-corrected chi connectivity index (χ4v) is 3.30. The molecule has 0 aliphatic heterocycles. The van der Waals surface area contributed by atoms with Crippen LogP contribution >= 0.6 is 0 Å². The lowest BCUT2D eigenvalue weighted by Gasteiger charge is -2.32. The molecule has 0 saturated heterocycles. The van der Waals surface area contributed by atoms with Crippen molar-refractivity contribution >= 4 is 0 Å². The van der Waals surface area contributed by atoms with Crippen molar-refractivity contribution in [3.05, 3.63) is 35.1 Å². The Morgan fingerprint density at radius 1 is 1.22 bits per heavy atom. The third kappa shape index (κ3) is 2.93.